The van der Waals surface area contributed by atoms with Gasteiger partial charge < -0.3 is 0 Å². The molecule has 0 amide bonds. The van der Waals surface area contributed by atoms with Gasteiger partial charge in [-0.25, -0.2) is 8.42 Å². The summed E-state index contributed by atoms with van der Waals surface area (Å²) in [5.74, 6) is 0. The van der Waals surface area contributed by atoms with Gasteiger partial charge in [0.15, 0.2) is 0 Å². The smallest absolute Gasteiger partial charge is 0.280 e. The molecular formula is C16H14F3NO2S. The Hall–Kier alpha value is -2.28. The van der Waals surface area contributed by atoms with Crippen LogP contribution in [0.25, 0.3) is 6.08 Å². The molecule has 0 bridgehead atoms. The van der Waals surface area contributed by atoms with E-state index in [-0.39, 0.29) is 5.56 Å². The van der Waals surface area contributed by atoms with Crippen LogP contribution in [-0.2, 0) is 16.2 Å². The number of hydrogen-bond donors (Lipinski definition) is 1. The Morgan fingerprint density at radius 2 is 1.61 bits per heavy atom. The van der Waals surface area contributed by atoms with Crippen molar-refractivity contribution < 1.29 is 21.6 Å². The van der Waals surface area contributed by atoms with Crippen LogP contribution in [0.3, 0.4) is 0 Å². The lowest BCUT2D eigenvalue weighted by atomic mass is 10.1. The average Bonchev–Trinajstić information content (AvgIpc) is 2.47. The number of nitrogens with one attached hydrogen (secondary N) is 1. The van der Waals surface area contributed by atoms with Crippen molar-refractivity contribution in [3.8, 4) is 0 Å². The molecule has 0 aliphatic heterocycles. The molecule has 0 aromatic heterocycles. The van der Waals surface area contributed by atoms with Crippen molar-refractivity contribution in [2.45, 2.75) is 13.1 Å². The molecule has 0 saturated carbocycles. The van der Waals surface area contributed by atoms with Crippen molar-refractivity contribution in [1.82, 2.24) is 0 Å². The van der Waals surface area contributed by atoms with Crippen LogP contribution in [0.15, 0.2) is 53.9 Å². The van der Waals surface area contributed by atoms with Crippen LogP contribution in [-0.4, -0.2) is 8.42 Å². The predicted molar refractivity (Wildman–Crippen MR) is 84.2 cm³/mol. The van der Waals surface area contributed by atoms with Crippen LogP contribution in [0, 0.1) is 6.92 Å². The molecule has 2 rings (SSSR count). The van der Waals surface area contributed by atoms with E-state index in [0.29, 0.717) is 11.3 Å². The molecule has 122 valence electrons. The van der Waals surface area contributed by atoms with E-state index >= 15 is 0 Å². The first-order chi connectivity index (χ1) is 10.7. The molecule has 0 unspecified atom stereocenters. The lowest BCUT2D eigenvalue weighted by molar-refractivity contribution is -0.137. The number of aryl methyl sites for hydroxylation is 1. The highest BCUT2D eigenvalue weighted by atomic mass is 32.2. The van der Waals surface area contributed by atoms with Gasteiger partial charge in [-0.2, -0.15) is 13.2 Å². The number of rotatable bonds is 4. The second-order valence-electron chi connectivity index (χ2n) is 4.85. The van der Waals surface area contributed by atoms with E-state index in [1.807, 2.05) is 0 Å². The molecule has 2 aromatic carbocycles. The summed E-state index contributed by atoms with van der Waals surface area (Å²) in [5, 5.41) is 0.726. The molecule has 0 fully saturated rings. The van der Waals surface area contributed by atoms with E-state index in [1.165, 1.54) is 18.2 Å². The number of para-hydroxylation sites is 1. The molecule has 0 aliphatic carbocycles. The molecule has 0 atom stereocenters. The fraction of sp³-hybridized carbons (Fsp3) is 0.125. The van der Waals surface area contributed by atoms with Crippen molar-refractivity contribution in [1.29, 1.82) is 0 Å². The quantitative estimate of drug-likeness (QED) is 0.894. The molecule has 3 nitrogen and oxygen atoms in total. The second kappa shape index (κ2) is 6.45. The Kier molecular flexibility index (Phi) is 4.79. The van der Waals surface area contributed by atoms with Gasteiger partial charge in [0.1, 0.15) is 0 Å². The van der Waals surface area contributed by atoms with E-state index in [2.05, 4.69) is 4.72 Å². The molecule has 2 aromatic rings. The standard InChI is InChI=1S/C16H14F3NO2S/c1-12-6-2-5-9-15(12)20-23(21,22)11-10-13-7-3-4-8-14(13)16(17,18)19/h2-11,20H,1H3/b11-10+. The lowest BCUT2D eigenvalue weighted by Gasteiger charge is -2.10. The van der Waals surface area contributed by atoms with Crippen LogP contribution in [0.4, 0.5) is 18.9 Å². The highest BCUT2D eigenvalue weighted by Crippen LogP contribution is 2.32. The molecule has 0 heterocycles. The van der Waals surface area contributed by atoms with Gasteiger partial charge in [0.05, 0.1) is 16.7 Å². The molecular weight excluding hydrogens is 327 g/mol. The van der Waals surface area contributed by atoms with Crippen molar-refractivity contribution in [3.63, 3.8) is 0 Å². The Bertz CT molecular complexity index is 827. The summed E-state index contributed by atoms with van der Waals surface area (Å²) in [7, 11) is -3.92. The lowest BCUT2D eigenvalue weighted by Crippen LogP contribution is -2.10. The van der Waals surface area contributed by atoms with Crippen molar-refractivity contribution in [3.05, 3.63) is 70.6 Å². The van der Waals surface area contributed by atoms with E-state index in [4.69, 9.17) is 0 Å². The zero-order valence-corrected chi connectivity index (χ0v) is 12.9. The third kappa shape index (κ3) is 4.59. The van der Waals surface area contributed by atoms with Gasteiger partial charge in [-0.05, 0) is 36.3 Å². The molecule has 23 heavy (non-hydrogen) atoms. The highest BCUT2D eigenvalue weighted by molar-refractivity contribution is 7.95. The monoisotopic (exact) mass is 341 g/mol. The first kappa shape index (κ1) is 17.1. The minimum atomic E-state index is -4.55. The van der Waals surface area contributed by atoms with Crippen molar-refractivity contribution in [2.24, 2.45) is 0 Å². The maximum Gasteiger partial charge on any atom is 0.416 e. The topological polar surface area (TPSA) is 46.2 Å². The summed E-state index contributed by atoms with van der Waals surface area (Å²) in [4.78, 5) is 0. The summed E-state index contributed by atoms with van der Waals surface area (Å²) in [6, 6.07) is 11.5. The first-order valence-electron chi connectivity index (χ1n) is 6.62. The van der Waals surface area contributed by atoms with Gasteiger partial charge in [0.2, 0.25) is 0 Å². The van der Waals surface area contributed by atoms with Crippen molar-refractivity contribution >= 4 is 21.8 Å². The zero-order valence-electron chi connectivity index (χ0n) is 12.1. The largest absolute Gasteiger partial charge is 0.416 e. The molecule has 0 spiro atoms. The summed E-state index contributed by atoms with van der Waals surface area (Å²) < 4.78 is 64.9. The van der Waals surface area contributed by atoms with Gasteiger partial charge in [-0.3, -0.25) is 4.72 Å². The normalized spacial score (nSPS) is 12.5. The number of alkyl halides is 3. The summed E-state index contributed by atoms with van der Waals surface area (Å²) in [5.41, 5.74) is -0.0149. The van der Waals surface area contributed by atoms with E-state index < -0.39 is 21.8 Å². The fourth-order valence-corrected chi connectivity index (χ4v) is 2.87. The minimum Gasteiger partial charge on any atom is -0.280 e. The van der Waals surface area contributed by atoms with Crippen LogP contribution < -0.4 is 4.72 Å². The second-order valence-corrected chi connectivity index (χ2v) is 6.42. The maximum absolute atomic E-state index is 12.9. The van der Waals surface area contributed by atoms with Crippen molar-refractivity contribution in [2.75, 3.05) is 4.72 Å². The van der Waals surface area contributed by atoms with E-state index in [0.717, 1.165) is 17.6 Å². The third-order valence-electron chi connectivity index (χ3n) is 3.09. The number of halogens is 3. The number of hydrogen-bond acceptors (Lipinski definition) is 2. The predicted octanol–water partition coefficient (Wildman–Crippen LogP) is 4.43. The van der Waals surface area contributed by atoms with Gasteiger partial charge in [0.25, 0.3) is 10.0 Å². The minimum absolute atomic E-state index is 0.213. The third-order valence-corrected chi connectivity index (χ3v) is 4.09. The SMILES string of the molecule is Cc1ccccc1NS(=O)(=O)/C=C/c1ccccc1C(F)(F)F. The van der Waals surface area contributed by atoms with Crippen LogP contribution in [0.1, 0.15) is 16.7 Å². The highest BCUT2D eigenvalue weighted by Gasteiger charge is 2.32. The van der Waals surface area contributed by atoms with E-state index in [1.54, 1.807) is 31.2 Å². The Labute approximate surface area is 132 Å². The number of benzene rings is 2. The molecule has 1 N–H and O–H groups in total. The molecule has 0 saturated heterocycles. The Morgan fingerprint density at radius 1 is 1.00 bits per heavy atom. The van der Waals surface area contributed by atoms with Crippen LogP contribution in [0.2, 0.25) is 0 Å². The van der Waals surface area contributed by atoms with Crippen LogP contribution in [0.5, 0.6) is 0 Å². The maximum atomic E-state index is 12.9. The van der Waals surface area contributed by atoms with Gasteiger partial charge in [-0.1, -0.05) is 36.4 Å². The van der Waals surface area contributed by atoms with Gasteiger partial charge >= 0.3 is 6.18 Å². The number of sulfonamides is 1. The molecule has 7 heteroatoms. The summed E-state index contributed by atoms with van der Waals surface area (Å²) >= 11 is 0. The number of anilines is 1. The van der Waals surface area contributed by atoms with Gasteiger partial charge in [-0.15, -0.1) is 0 Å². The average molecular weight is 341 g/mol. The van der Waals surface area contributed by atoms with Crippen LogP contribution >= 0.6 is 0 Å². The van der Waals surface area contributed by atoms with Gasteiger partial charge in [0, 0.05) is 0 Å². The fourth-order valence-electron chi connectivity index (χ4n) is 1.94. The Balaban J connectivity index is 2.28. The Morgan fingerprint density at radius 3 is 2.26 bits per heavy atom. The molecule has 0 aliphatic rings. The first-order valence-corrected chi connectivity index (χ1v) is 8.16. The van der Waals surface area contributed by atoms with E-state index in [9.17, 15) is 21.6 Å². The zero-order chi connectivity index (χ0) is 17.1. The summed E-state index contributed by atoms with van der Waals surface area (Å²) in [6.45, 7) is 1.72. The summed E-state index contributed by atoms with van der Waals surface area (Å²) in [6.07, 6.45) is -3.61. The molecule has 0 radical (unpaired) electrons.